The van der Waals surface area contributed by atoms with Crippen LogP contribution < -0.4 is 0 Å². The summed E-state index contributed by atoms with van der Waals surface area (Å²) >= 11 is 0. The van der Waals surface area contributed by atoms with Crippen LogP contribution in [0.4, 0.5) is 0 Å². The van der Waals surface area contributed by atoms with E-state index in [0.29, 0.717) is 5.82 Å². The van der Waals surface area contributed by atoms with Crippen molar-refractivity contribution in [1.82, 2.24) is 10.1 Å². The lowest BCUT2D eigenvalue weighted by atomic mass is 9.93. The Kier molecular flexibility index (Phi) is 3.79. The number of hydrogen-bond acceptors (Lipinski definition) is 5. The first-order valence-corrected chi connectivity index (χ1v) is 6.25. The predicted molar refractivity (Wildman–Crippen MR) is 61.3 cm³/mol. The minimum atomic E-state index is -0.726. The van der Waals surface area contributed by atoms with E-state index in [2.05, 4.69) is 10.1 Å². The van der Waals surface area contributed by atoms with Crippen LogP contribution in [0.25, 0.3) is 0 Å². The summed E-state index contributed by atoms with van der Waals surface area (Å²) in [6, 6.07) is 0. The number of aliphatic hydroxyl groups is 1. The van der Waals surface area contributed by atoms with Crippen LogP contribution >= 0.6 is 0 Å². The maximum Gasteiger partial charge on any atom is 0.255 e. The van der Waals surface area contributed by atoms with Gasteiger partial charge in [-0.15, -0.1) is 0 Å². The molecule has 0 radical (unpaired) electrons. The lowest BCUT2D eigenvalue weighted by Gasteiger charge is -2.27. The van der Waals surface area contributed by atoms with Gasteiger partial charge in [0.05, 0.1) is 0 Å². The first-order valence-electron chi connectivity index (χ1n) is 6.25. The van der Waals surface area contributed by atoms with Gasteiger partial charge < -0.3 is 14.4 Å². The fourth-order valence-electron chi connectivity index (χ4n) is 2.41. The van der Waals surface area contributed by atoms with Crippen molar-refractivity contribution in [2.24, 2.45) is 0 Å². The molecule has 96 valence electrons. The summed E-state index contributed by atoms with van der Waals surface area (Å²) in [5.74, 6) is 0.846. The van der Waals surface area contributed by atoms with Crippen molar-refractivity contribution in [3.63, 3.8) is 0 Å². The highest BCUT2D eigenvalue weighted by Crippen LogP contribution is 2.37. The van der Waals surface area contributed by atoms with Crippen molar-refractivity contribution < 1.29 is 14.4 Å². The second-order valence-corrected chi connectivity index (χ2v) is 4.74. The second kappa shape index (κ2) is 5.14. The van der Waals surface area contributed by atoms with E-state index in [1.54, 1.807) is 14.0 Å². The fraction of sp³-hybridized carbons (Fsp3) is 0.833. The maximum absolute atomic E-state index is 9.41. The molecular formula is C12H20N2O3. The van der Waals surface area contributed by atoms with Gasteiger partial charge in [-0.2, -0.15) is 4.98 Å². The maximum atomic E-state index is 9.41. The van der Waals surface area contributed by atoms with E-state index in [4.69, 9.17) is 9.26 Å². The van der Waals surface area contributed by atoms with E-state index in [0.717, 1.165) is 25.7 Å². The Morgan fingerprint density at radius 2 is 1.94 bits per heavy atom. The molecule has 5 heteroatoms. The number of rotatable bonds is 3. The van der Waals surface area contributed by atoms with Crippen molar-refractivity contribution in [3.05, 3.63) is 11.7 Å². The average molecular weight is 240 g/mol. The largest absolute Gasteiger partial charge is 0.384 e. The third kappa shape index (κ3) is 2.50. The number of ether oxygens (including phenoxy) is 1. The Bertz CT molecular complexity index is 354. The van der Waals surface area contributed by atoms with Gasteiger partial charge in [0.25, 0.3) is 5.89 Å². The molecular weight excluding hydrogens is 220 g/mol. The summed E-state index contributed by atoms with van der Waals surface area (Å²) in [4.78, 5) is 4.27. The molecule has 1 N–H and O–H groups in total. The van der Waals surface area contributed by atoms with Crippen LogP contribution in [0.15, 0.2) is 4.52 Å². The lowest BCUT2D eigenvalue weighted by Crippen LogP contribution is -2.29. The monoisotopic (exact) mass is 240 g/mol. The summed E-state index contributed by atoms with van der Waals surface area (Å²) in [7, 11) is 1.70. The molecule has 17 heavy (non-hydrogen) atoms. The third-order valence-corrected chi connectivity index (χ3v) is 3.51. The molecule has 0 unspecified atom stereocenters. The second-order valence-electron chi connectivity index (χ2n) is 4.74. The van der Waals surface area contributed by atoms with Crippen LogP contribution in [0.5, 0.6) is 0 Å². The van der Waals surface area contributed by atoms with Crippen molar-refractivity contribution in [2.45, 2.75) is 57.2 Å². The van der Waals surface area contributed by atoms with Gasteiger partial charge in [0, 0.05) is 7.11 Å². The van der Waals surface area contributed by atoms with Crippen LogP contribution in [0.1, 0.15) is 63.3 Å². The first-order chi connectivity index (χ1) is 8.18. The quantitative estimate of drug-likeness (QED) is 0.821. The highest BCUT2D eigenvalue weighted by molar-refractivity contribution is 5.03. The molecule has 1 saturated carbocycles. The van der Waals surface area contributed by atoms with Gasteiger partial charge in [0.2, 0.25) is 5.82 Å². The Balaban J connectivity index is 2.25. The van der Waals surface area contributed by atoms with Gasteiger partial charge in [0.1, 0.15) is 11.7 Å². The van der Waals surface area contributed by atoms with Crippen molar-refractivity contribution in [2.75, 3.05) is 7.11 Å². The molecule has 0 bridgehead atoms. The van der Waals surface area contributed by atoms with Gasteiger partial charge in [-0.25, -0.2) is 0 Å². The van der Waals surface area contributed by atoms with E-state index < -0.39 is 11.7 Å². The smallest absolute Gasteiger partial charge is 0.255 e. The van der Waals surface area contributed by atoms with E-state index in [9.17, 15) is 5.11 Å². The molecule has 1 aliphatic carbocycles. The van der Waals surface area contributed by atoms with Crippen molar-refractivity contribution in [1.29, 1.82) is 0 Å². The summed E-state index contributed by atoms with van der Waals surface area (Å²) in [6.07, 6.45) is 5.80. The van der Waals surface area contributed by atoms with E-state index in [1.165, 1.54) is 12.8 Å². The Morgan fingerprint density at radius 3 is 2.41 bits per heavy atom. The Labute approximate surface area is 101 Å². The molecule has 1 heterocycles. The zero-order chi connectivity index (χ0) is 12.3. The number of hydrogen-bond donors (Lipinski definition) is 1. The molecule has 0 spiro atoms. The molecule has 1 fully saturated rings. The number of aliphatic hydroxyl groups excluding tert-OH is 1. The van der Waals surface area contributed by atoms with Crippen molar-refractivity contribution >= 4 is 0 Å². The van der Waals surface area contributed by atoms with Gasteiger partial charge in [-0.1, -0.05) is 30.8 Å². The van der Waals surface area contributed by atoms with Crippen LogP contribution in [0.3, 0.4) is 0 Å². The molecule has 1 atom stereocenters. The molecule has 5 nitrogen and oxygen atoms in total. The summed E-state index contributed by atoms with van der Waals surface area (Å²) in [5.41, 5.74) is -0.423. The number of nitrogens with zero attached hydrogens (tertiary/aromatic N) is 2. The van der Waals surface area contributed by atoms with Crippen LogP contribution in [0.2, 0.25) is 0 Å². The van der Waals surface area contributed by atoms with Gasteiger partial charge >= 0.3 is 0 Å². The third-order valence-electron chi connectivity index (χ3n) is 3.51. The molecule has 1 aromatic heterocycles. The minimum Gasteiger partial charge on any atom is -0.384 e. The SMILES string of the molecule is COC1(c2noc([C@H](C)O)n2)CCCCCC1. The molecule has 1 aromatic rings. The Morgan fingerprint density at radius 1 is 1.29 bits per heavy atom. The lowest BCUT2D eigenvalue weighted by molar-refractivity contribution is -0.0365. The summed E-state index contributed by atoms with van der Waals surface area (Å²) in [5, 5.41) is 13.4. The standard InChI is InChI=1S/C12H20N2O3/c1-9(15)10-13-11(14-17-10)12(16-2)7-5-3-4-6-8-12/h9,15H,3-8H2,1-2H3/t9-/m0/s1. The van der Waals surface area contributed by atoms with E-state index in [-0.39, 0.29) is 5.89 Å². The molecule has 0 saturated heterocycles. The van der Waals surface area contributed by atoms with Crippen molar-refractivity contribution in [3.8, 4) is 0 Å². The molecule has 0 aliphatic heterocycles. The molecule has 1 aliphatic rings. The number of methoxy groups -OCH3 is 1. The normalized spacial score (nSPS) is 22.1. The molecule has 2 rings (SSSR count). The predicted octanol–water partition coefficient (Wildman–Crippen LogP) is 2.32. The highest BCUT2D eigenvalue weighted by atomic mass is 16.5. The van der Waals surface area contributed by atoms with Crippen LogP contribution in [0, 0.1) is 0 Å². The topological polar surface area (TPSA) is 68.4 Å². The summed E-state index contributed by atoms with van der Waals surface area (Å²) in [6.45, 7) is 1.61. The zero-order valence-corrected chi connectivity index (χ0v) is 10.5. The van der Waals surface area contributed by atoms with Crippen LogP contribution in [-0.4, -0.2) is 22.4 Å². The molecule has 0 aromatic carbocycles. The summed E-state index contributed by atoms with van der Waals surface area (Å²) < 4.78 is 10.7. The number of aromatic nitrogens is 2. The highest BCUT2D eigenvalue weighted by Gasteiger charge is 2.37. The Hall–Kier alpha value is -0.940. The van der Waals surface area contributed by atoms with Crippen LogP contribution in [-0.2, 0) is 10.3 Å². The van der Waals surface area contributed by atoms with Gasteiger partial charge in [-0.05, 0) is 19.8 Å². The zero-order valence-electron chi connectivity index (χ0n) is 10.5. The fourth-order valence-corrected chi connectivity index (χ4v) is 2.41. The van der Waals surface area contributed by atoms with Gasteiger partial charge in [-0.3, -0.25) is 0 Å². The van der Waals surface area contributed by atoms with E-state index in [1.807, 2.05) is 0 Å². The average Bonchev–Trinajstić information content (AvgIpc) is 2.70. The van der Waals surface area contributed by atoms with E-state index >= 15 is 0 Å². The minimum absolute atomic E-state index is 0.265. The first kappa shape index (κ1) is 12.5. The molecule has 0 amide bonds. The van der Waals surface area contributed by atoms with Gasteiger partial charge in [0.15, 0.2) is 0 Å².